The van der Waals surface area contributed by atoms with Crippen molar-refractivity contribution < 1.29 is 18.7 Å². The summed E-state index contributed by atoms with van der Waals surface area (Å²) in [4.78, 5) is 20.9. The minimum Gasteiger partial charge on any atom is -0.619 e. The molecule has 7 nitrogen and oxygen atoms in total. The highest BCUT2D eigenvalue weighted by Gasteiger charge is 2.31. The number of hydrogen-bond acceptors (Lipinski definition) is 5. The lowest BCUT2D eigenvalue weighted by Crippen LogP contribution is -2.30. The number of carbonyl (C=O) groups excluding carboxylic acids is 1. The van der Waals surface area contributed by atoms with Crippen molar-refractivity contribution in [2.75, 3.05) is 5.32 Å². The number of aromatic nitrogens is 3. The Morgan fingerprint density at radius 3 is 2.66 bits per heavy atom. The lowest BCUT2D eigenvalue weighted by atomic mass is 9.73. The van der Waals surface area contributed by atoms with Crippen molar-refractivity contribution in [1.82, 2.24) is 9.97 Å². The van der Waals surface area contributed by atoms with Crippen LogP contribution in [0, 0.1) is 22.9 Å². The Balaban J connectivity index is 1.33. The minimum atomic E-state index is -0.439. The molecule has 3 heterocycles. The molecule has 1 fully saturated rings. The number of ether oxygens (including phenoxy) is 1. The number of carbonyl (C=O) groups is 1. The van der Waals surface area contributed by atoms with E-state index in [1.165, 1.54) is 30.7 Å². The third-order valence-electron chi connectivity index (χ3n) is 6.04. The van der Waals surface area contributed by atoms with Crippen molar-refractivity contribution in [3.63, 3.8) is 0 Å². The second-order valence-electron chi connectivity index (χ2n) is 8.19. The molecule has 3 atom stereocenters. The van der Waals surface area contributed by atoms with Crippen LogP contribution in [0.25, 0.3) is 0 Å². The molecule has 0 spiro atoms. The molecule has 1 unspecified atom stereocenters. The van der Waals surface area contributed by atoms with E-state index >= 15 is 0 Å². The zero-order valence-corrected chi connectivity index (χ0v) is 17.8. The molecule has 1 saturated carbocycles. The van der Waals surface area contributed by atoms with Gasteiger partial charge in [-0.3, -0.25) is 4.79 Å². The van der Waals surface area contributed by atoms with E-state index in [1.54, 1.807) is 12.1 Å². The van der Waals surface area contributed by atoms with E-state index < -0.39 is 5.82 Å². The third kappa shape index (κ3) is 5.38. The topological polar surface area (TPSA) is 91.0 Å². The number of nitrogens with zero attached hydrogens (tertiary/aromatic N) is 3. The number of pyridine rings is 3. The summed E-state index contributed by atoms with van der Waals surface area (Å²) in [6.07, 6.45) is 9.67. The Hall–Kier alpha value is -3.55. The fourth-order valence-electron chi connectivity index (χ4n) is 4.19. The second kappa shape index (κ2) is 9.72. The number of anilines is 1. The van der Waals surface area contributed by atoms with Gasteiger partial charge in [0.1, 0.15) is 17.4 Å². The van der Waals surface area contributed by atoms with E-state index in [-0.39, 0.29) is 23.6 Å². The Morgan fingerprint density at radius 1 is 1.16 bits per heavy atom. The maximum absolute atomic E-state index is 12.9. The van der Waals surface area contributed by atoms with Crippen molar-refractivity contribution >= 4 is 11.7 Å². The zero-order chi connectivity index (χ0) is 22.5. The normalized spacial score (nSPS) is 19.2. The van der Waals surface area contributed by atoms with Crippen molar-refractivity contribution in [2.45, 2.75) is 38.5 Å². The van der Waals surface area contributed by atoms with E-state index in [0.29, 0.717) is 17.5 Å². The molecule has 166 valence electrons. The van der Waals surface area contributed by atoms with Gasteiger partial charge in [-0.1, -0.05) is 13.3 Å². The second-order valence-corrected chi connectivity index (χ2v) is 8.19. The van der Waals surface area contributed by atoms with E-state index in [4.69, 9.17) is 4.74 Å². The molecule has 3 aromatic heterocycles. The predicted molar refractivity (Wildman–Crippen MR) is 116 cm³/mol. The zero-order valence-electron chi connectivity index (χ0n) is 17.8. The summed E-state index contributed by atoms with van der Waals surface area (Å²) < 4.78 is 19.3. The molecule has 32 heavy (non-hydrogen) atoms. The van der Waals surface area contributed by atoms with Gasteiger partial charge >= 0.3 is 0 Å². The highest BCUT2D eigenvalue weighted by molar-refractivity contribution is 5.91. The molecule has 4 rings (SSSR count). The molecular formula is C24H25FN4O3. The molecular weight excluding hydrogens is 411 g/mol. The van der Waals surface area contributed by atoms with Crippen LogP contribution in [0.15, 0.2) is 61.2 Å². The standard InChI is InChI=1S/C24H25FN4O3/c1-16(18-3-2-4-19(13-18)17-9-11-29(31)12-10-17)24(30)28-22-7-6-21(15-26-22)32-23-8-5-20(25)14-27-23/h5-12,14-16,18-19H,2-4,13H2,1H3,(H,26,28,30)/t16?,18-,19+/m0/s1. The van der Waals surface area contributed by atoms with Crippen LogP contribution >= 0.6 is 0 Å². The molecule has 0 saturated heterocycles. The quantitative estimate of drug-likeness (QED) is 0.451. The summed E-state index contributed by atoms with van der Waals surface area (Å²) in [5.41, 5.74) is 1.15. The number of hydrogen-bond donors (Lipinski definition) is 1. The van der Waals surface area contributed by atoms with Crippen LogP contribution in [0.1, 0.15) is 44.1 Å². The molecule has 8 heteroatoms. The van der Waals surface area contributed by atoms with Gasteiger partial charge < -0.3 is 15.3 Å². The van der Waals surface area contributed by atoms with Crippen molar-refractivity contribution in [1.29, 1.82) is 0 Å². The van der Waals surface area contributed by atoms with Gasteiger partial charge in [-0.15, -0.1) is 0 Å². The summed E-state index contributed by atoms with van der Waals surface area (Å²) in [7, 11) is 0. The molecule has 0 aromatic carbocycles. The first-order valence-electron chi connectivity index (χ1n) is 10.7. The number of nitrogens with one attached hydrogen (secondary N) is 1. The van der Waals surface area contributed by atoms with Gasteiger partial charge in [0.25, 0.3) is 0 Å². The van der Waals surface area contributed by atoms with Crippen LogP contribution in [0.4, 0.5) is 10.2 Å². The smallest absolute Gasteiger partial charge is 0.228 e. The highest BCUT2D eigenvalue weighted by Crippen LogP contribution is 2.39. The summed E-state index contributed by atoms with van der Waals surface area (Å²) in [6.45, 7) is 1.96. The SMILES string of the molecule is CC(C(=O)Nc1ccc(Oc2ccc(F)cn2)cn1)[C@H]1CCC[C@@H](c2cc[n+]([O-])cc2)C1. The van der Waals surface area contributed by atoms with E-state index in [1.807, 2.05) is 19.1 Å². The van der Waals surface area contributed by atoms with Crippen LogP contribution < -0.4 is 14.8 Å². The maximum atomic E-state index is 12.9. The first kappa shape index (κ1) is 21.7. The Bertz CT molecular complexity index is 1040. The first-order valence-corrected chi connectivity index (χ1v) is 10.7. The van der Waals surface area contributed by atoms with Gasteiger partial charge in [-0.05, 0) is 54.9 Å². The van der Waals surface area contributed by atoms with Gasteiger partial charge in [-0.2, -0.15) is 4.73 Å². The maximum Gasteiger partial charge on any atom is 0.228 e. The summed E-state index contributed by atoms with van der Waals surface area (Å²) in [5.74, 6) is 1.10. The molecule has 1 aliphatic carbocycles. The number of amides is 1. The average Bonchev–Trinajstić information content (AvgIpc) is 2.82. The van der Waals surface area contributed by atoms with Crippen LogP contribution in [0.3, 0.4) is 0 Å². The molecule has 1 amide bonds. The van der Waals surface area contributed by atoms with Crippen molar-refractivity contribution in [3.05, 3.63) is 77.8 Å². The lowest BCUT2D eigenvalue weighted by molar-refractivity contribution is -0.605. The average molecular weight is 436 g/mol. The molecule has 1 aliphatic rings. The van der Waals surface area contributed by atoms with E-state index in [0.717, 1.165) is 42.2 Å². The van der Waals surface area contributed by atoms with Gasteiger partial charge in [0.05, 0.1) is 12.4 Å². The van der Waals surface area contributed by atoms with Crippen LogP contribution in [-0.4, -0.2) is 15.9 Å². The highest BCUT2D eigenvalue weighted by atomic mass is 19.1. The summed E-state index contributed by atoms with van der Waals surface area (Å²) in [5, 5.41) is 14.2. The van der Waals surface area contributed by atoms with Crippen molar-refractivity contribution in [2.24, 2.45) is 11.8 Å². The largest absolute Gasteiger partial charge is 0.619 e. The summed E-state index contributed by atoms with van der Waals surface area (Å²) in [6, 6.07) is 9.78. The van der Waals surface area contributed by atoms with Crippen LogP contribution in [-0.2, 0) is 4.79 Å². The lowest BCUT2D eigenvalue weighted by Gasteiger charge is -2.32. The van der Waals surface area contributed by atoms with Crippen LogP contribution in [0.2, 0.25) is 0 Å². The molecule has 0 radical (unpaired) electrons. The monoisotopic (exact) mass is 436 g/mol. The van der Waals surface area contributed by atoms with Crippen molar-refractivity contribution in [3.8, 4) is 11.6 Å². The number of rotatable bonds is 6. The summed E-state index contributed by atoms with van der Waals surface area (Å²) >= 11 is 0. The molecule has 1 N–H and O–H groups in total. The van der Waals surface area contributed by atoms with Gasteiger partial charge in [-0.25, -0.2) is 14.4 Å². The Morgan fingerprint density at radius 2 is 1.97 bits per heavy atom. The minimum absolute atomic E-state index is 0.0671. The fraction of sp³-hybridized carbons (Fsp3) is 0.333. The van der Waals surface area contributed by atoms with Crippen LogP contribution in [0.5, 0.6) is 11.6 Å². The van der Waals surface area contributed by atoms with Gasteiger partial charge in [0.2, 0.25) is 11.8 Å². The number of halogens is 1. The van der Waals surface area contributed by atoms with Gasteiger partial charge in [0.15, 0.2) is 12.4 Å². The third-order valence-corrected chi connectivity index (χ3v) is 6.04. The van der Waals surface area contributed by atoms with E-state index in [9.17, 15) is 14.4 Å². The Labute approximate surface area is 185 Å². The first-order chi connectivity index (χ1) is 15.5. The molecule has 3 aromatic rings. The Kier molecular flexibility index (Phi) is 6.58. The molecule has 0 aliphatic heterocycles. The molecule has 0 bridgehead atoms. The predicted octanol–water partition coefficient (Wildman–Crippen LogP) is 4.59. The van der Waals surface area contributed by atoms with Gasteiger partial charge in [0, 0.05) is 24.1 Å². The fourth-order valence-corrected chi connectivity index (χ4v) is 4.19. The van der Waals surface area contributed by atoms with E-state index in [2.05, 4.69) is 15.3 Å².